The number of ether oxygens (including phenoxy) is 1. The van der Waals surface area contributed by atoms with Crippen LogP contribution in [0.2, 0.25) is 0 Å². The summed E-state index contributed by atoms with van der Waals surface area (Å²) in [5.41, 5.74) is 5.38. The average molecular weight is 319 g/mol. The fourth-order valence-electron chi connectivity index (χ4n) is 3.45. The summed E-state index contributed by atoms with van der Waals surface area (Å²) in [4.78, 5) is 11.3. The van der Waals surface area contributed by atoms with Crippen molar-refractivity contribution in [1.29, 1.82) is 0 Å². The van der Waals surface area contributed by atoms with Gasteiger partial charge in [0.1, 0.15) is 0 Å². The number of aldehydes is 1. The number of carbonyl (C=O) groups excluding carboxylic acids is 1. The standard InChI is InChI=1S/C18H18BN3O2/c23-9-14-6-22(20-18(14)15-10-24-11-15)8-16-7-21-5-13(12-1-2-12)3-4-17(21)19-16/h3-7,9,12,15H,1-2,8,10-11H2. The van der Waals surface area contributed by atoms with Gasteiger partial charge in [0.15, 0.2) is 0 Å². The van der Waals surface area contributed by atoms with Gasteiger partial charge in [-0.3, -0.25) is 0 Å². The van der Waals surface area contributed by atoms with Crippen molar-refractivity contribution in [2.75, 3.05) is 13.2 Å². The maximum absolute atomic E-state index is 11.3. The van der Waals surface area contributed by atoms with E-state index in [0.29, 0.717) is 25.3 Å². The summed E-state index contributed by atoms with van der Waals surface area (Å²) in [7, 11) is 0. The maximum atomic E-state index is 11.3. The van der Waals surface area contributed by atoms with Crippen LogP contribution in [-0.2, 0) is 11.3 Å². The van der Waals surface area contributed by atoms with Crippen LogP contribution in [0, 0.1) is 0 Å². The van der Waals surface area contributed by atoms with Crippen molar-refractivity contribution in [3.8, 4) is 0 Å². The first kappa shape index (κ1) is 14.2. The molecule has 0 amide bonds. The molecule has 120 valence electrons. The Kier molecular flexibility index (Phi) is 3.20. The van der Waals surface area contributed by atoms with Crippen LogP contribution >= 0.6 is 0 Å². The first-order chi connectivity index (χ1) is 11.8. The van der Waals surface area contributed by atoms with E-state index in [0.717, 1.165) is 17.9 Å². The SMILES string of the molecule is O=Cc1cn(Cc2bc3ccc(C4CC4)cn3c2)nc1C1COC1. The Labute approximate surface area is 140 Å². The fraction of sp³-hybridized carbons (Fsp3) is 0.389. The van der Waals surface area contributed by atoms with Crippen LogP contribution in [0.25, 0.3) is 5.41 Å². The first-order valence-corrected chi connectivity index (χ1v) is 8.51. The van der Waals surface area contributed by atoms with Crippen molar-refractivity contribution in [2.45, 2.75) is 31.2 Å². The van der Waals surface area contributed by atoms with Crippen molar-refractivity contribution in [3.63, 3.8) is 0 Å². The van der Waals surface area contributed by atoms with E-state index < -0.39 is 0 Å². The van der Waals surface area contributed by atoms with Gasteiger partial charge in [0.05, 0.1) is 0 Å². The molecule has 0 N–H and O–H groups in total. The van der Waals surface area contributed by atoms with Crippen LogP contribution in [0.15, 0.2) is 30.7 Å². The second kappa shape index (κ2) is 5.41. The van der Waals surface area contributed by atoms with Crippen LogP contribution in [0.1, 0.15) is 51.8 Å². The zero-order valence-corrected chi connectivity index (χ0v) is 13.4. The molecule has 2 fully saturated rings. The Morgan fingerprint density at radius 3 is 2.79 bits per heavy atom. The predicted molar refractivity (Wildman–Crippen MR) is 91.0 cm³/mol. The number of carbonyl (C=O) groups is 1. The fourth-order valence-corrected chi connectivity index (χ4v) is 3.45. The van der Waals surface area contributed by atoms with Gasteiger partial charge in [0.2, 0.25) is 0 Å². The van der Waals surface area contributed by atoms with Gasteiger partial charge in [0.25, 0.3) is 0 Å². The van der Waals surface area contributed by atoms with Crippen molar-refractivity contribution in [3.05, 3.63) is 53.0 Å². The van der Waals surface area contributed by atoms with Gasteiger partial charge in [-0.1, -0.05) is 0 Å². The molecule has 1 aliphatic carbocycles. The van der Waals surface area contributed by atoms with Crippen LogP contribution in [0.3, 0.4) is 0 Å². The summed E-state index contributed by atoms with van der Waals surface area (Å²) < 4.78 is 9.29. The third-order valence-corrected chi connectivity index (χ3v) is 5.04. The molecule has 0 radical (unpaired) electrons. The molecule has 1 aliphatic heterocycles. The van der Waals surface area contributed by atoms with Gasteiger partial charge >= 0.3 is 140 Å². The second-order valence-electron chi connectivity index (χ2n) is 6.94. The topological polar surface area (TPSA) is 48.5 Å². The third kappa shape index (κ3) is 2.42. The zero-order valence-electron chi connectivity index (χ0n) is 13.4. The summed E-state index contributed by atoms with van der Waals surface area (Å²) in [6.07, 6.45) is 9.78. The minimum absolute atomic E-state index is 0.264. The quantitative estimate of drug-likeness (QED) is 0.678. The Bertz CT molecular complexity index is 922. The Balaban J connectivity index is 1.43. The normalized spacial score (nSPS) is 17.8. The van der Waals surface area contributed by atoms with Crippen LogP contribution in [0.5, 0.6) is 0 Å². The monoisotopic (exact) mass is 319 g/mol. The minimum atomic E-state index is 0.264. The van der Waals surface area contributed by atoms with Gasteiger partial charge in [-0.05, 0) is 0 Å². The van der Waals surface area contributed by atoms with Gasteiger partial charge < -0.3 is 0 Å². The predicted octanol–water partition coefficient (Wildman–Crippen LogP) is 2.33. The molecule has 4 heterocycles. The summed E-state index contributed by atoms with van der Waals surface area (Å²) in [6.45, 7) is 4.19. The molecule has 3 aromatic heterocycles. The molecule has 0 spiro atoms. The third-order valence-electron chi connectivity index (χ3n) is 5.04. The van der Waals surface area contributed by atoms with E-state index >= 15 is 0 Å². The van der Waals surface area contributed by atoms with Crippen molar-refractivity contribution >= 4 is 18.6 Å². The summed E-state index contributed by atoms with van der Waals surface area (Å²) in [6, 6.07) is 4.43. The number of fused-ring (bicyclic) bond motifs is 1. The van der Waals surface area contributed by atoms with Crippen LogP contribution in [-0.4, -0.2) is 40.6 Å². The molecule has 0 unspecified atom stereocenters. The summed E-state index contributed by atoms with van der Waals surface area (Å²) in [5, 5.41) is 4.62. The molecule has 3 aromatic rings. The number of pyridine rings is 1. The van der Waals surface area contributed by atoms with Gasteiger partial charge in [-0.2, -0.15) is 0 Å². The molecule has 1 saturated heterocycles. The molecule has 0 bridgehead atoms. The Morgan fingerprint density at radius 1 is 1.21 bits per heavy atom. The van der Waals surface area contributed by atoms with Gasteiger partial charge in [-0.25, -0.2) is 0 Å². The average Bonchev–Trinajstić information content (AvgIpc) is 3.19. The molecule has 5 rings (SSSR count). The van der Waals surface area contributed by atoms with E-state index in [-0.39, 0.29) is 5.92 Å². The van der Waals surface area contributed by atoms with Crippen molar-refractivity contribution < 1.29 is 9.53 Å². The molecule has 6 heteroatoms. The van der Waals surface area contributed by atoms with E-state index in [1.165, 1.54) is 29.3 Å². The number of rotatable bonds is 5. The van der Waals surface area contributed by atoms with Crippen LogP contribution < -0.4 is 0 Å². The summed E-state index contributed by atoms with van der Waals surface area (Å²) >= 11 is 0. The van der Waals surface area contributed by atoms with Gasteiger partial charge in [0, 0.05) is 0 Å². The van der Waals surface area contributed by atoms with Crippen molar-refractivity contribution in [1.82, 2.24) is 14.2 Å². The molecular formula is C18H18BN3O2. The Morgan fingerprint density at radius 2 is 2.08 bits per heavy atom. The molecule has 5 nitrogen and oxygen atoms in total. The molecule has 24 heavy (non-hydrogen) atoms. The Hall–Kier alpha value is -2.21. The van der Waals surface area contributed by atoms with E-state index in [1.807, 2.05) is 10.9 Å². The van der Waals surface area contributed by atoms with E-state index in [2.05, 4.69) is 40.9 Å². The number of hydrogen-bond acceptors (Lipinski definition) is 3. The van der Waals surface area contributed by atoms with E-state index in [4.69, 9.17) is 4.74 Å². The van der Waals surface area contributed by atoms with Crippen molar-refractivity contribution in [2.24, 2.45) is 0 Å². The zero-order chi connectivity index (χ0) is 16.1. The molecular weight excluding hydrogens is 301 g/mol. The van der Waals surface area contributed by atoms with E-state index in [1.54, 1.807) is 0 Å². The molecule has 0 atom stereocenters. The molecule has 0 aromatic carbocycles. The second-order valence-corrected chi connectivity index (χ2v) is 6.94. The number of hydrogen-bond donors (Lipinski definition) is 0. The number of nitrogens with zero attached hydrogens (tertiary/aromatic N) is 3. The molecule has 2 aliphatic rings. The summed E-state index contributed by atoms with van der Waals surface area (Å²) in [5.74, 6) is 1.02. The number of aromatic nitrogens is 3. The van der Waals surface area contributed by atoms with Crippen LogP contribution in [0.4, 0.5) is 0 Å². The first-order valence-electron chi connectivity index (χ1n) is 8.51. The van der Waals surface area contributed by atoms with E-state index in [9.17, 15) is 4.79 Å². The van der Waals surface area contributed by atoms with Gasteiger partial charge in [-0.15, -0.1) is 0 Å². The molecule has 1 saturated carbocycles.